The highest BCUT2D eigenvalue weighted by molar-refractivity contribution is 7.92. The monoisotopic (exact) mass is 413 g/mol. The first-order valence-corrected chi connectivity index (χ1v) is 9.30. The van der Waals surface area contributed by atoms with E-state index < -0.39 is 33.0 Å². The van der Waals surface area contributed by atoms with Gasteiger partial charge in [-0.2, -0.15) is 13.2 Å². The number of sulfonamides is 1. The third kappa shape index (κ3) is 3.40. The number of hydrogen-bond donors (Lipinski definition) is 1. The van der Waals surface area contributed by atoms with Crippen LogP contribution in [0.15, 0.2) is 56.9 Å². The van der Waals surface area contributed by atoms with Gasteiger partial charge in [-0.1, -0.05) is 0 Å². The molecule has 0 saturated heterocycles. The molecule has 7 nitrogen and oxygen atoms in total. The molecule has 11 heteroatoms. The molecule has 0 aliphatic heterocycles. The molecular formula is C17H14F3N3O4S. The molecule has 0 bridgehead atoms. The summed E-state index contributed by atoms with van der Waals surface area (Å²) in [7, 11) is -1.46. The molecule has 2 aromatic carbocycles. The van der Waals surface area contributed by atoms with Crippen LogP contribution in [-0.2, 0) is 30.3 Å². The molecule has 0 unspecified atom stereocenters. The number of aryl methyl sites for hydroxylation is 1. The minimum absolute atomic E-state index is 0.0138. The van der Waals surface area contributed by atoms with Crippen molar-refractivity contribution in [1.82, 2.24) is 9.13 Å². The van der Waals surface area contributed by atoms with Gasteiger partial charge in [0.25, 0.3) is 15.6 Å². The zero-order valence-electron chi connectivity index (χ0n) is 14.6. The van der Waals surface area contributed by atoms with Crippen LogP contribution in [0.2, 0.25) is 0 Å². The number of halogens is 3. The van der Waals surface area contributed by atoms with Crippen molar-refractivity contribution in [1.29, 1.82) is 0 Å². The zero-order valence-corrected chi connectivity index (χ0v) is 15.4. The van der Waals surface area contributed by atoms with Crippen LogP contribution in [0.1, 0.15) is 5.56 Å². The molecule has 0 fully saturated rings. The third-order valence-corrected chi connectivity index (χ3v) is 5.59. The predicted octanol–water partition coefficient (Wildman–Crippen LogP) is 2.06. The lowest BCUT2D eigenvalue weighted by Crippen LogP contribution is -2.37. The summed E-state index contributed by atoms with van der Waals surface area (Å²) in [6.07, 6.45) is -4.54. The Morgan fingerprint density at radius 2 is 1.54 bits per heavy atom. The van der Waals surface area contributed by atoms with E-state index in [1.165, 1.54) is 30.8 Å². The lowest BCUT2D eigenvalue weighted by molar-refractivity contribution is -0.137. The van der Waals surface area contributed by atoms with E-state index in [0.29, 0.717) is 0 Å². The fourth-order valence-electron chi connectivity index (χ4n) is 2.68. The van der Waals surface area contributed by atoms with Crippen LogP contribution in [-0.4, -0.2) is 17.6 Å². The topological polar surface area (TPSA) is 90.2 Å². The van der Waals surface area contributed by atoms with Gasteiger partial charge in [0.15, 0.2) is 0 Å². The second kappa shape index (κ2) is 6.51. The van der Waals surface area contributed by atoms with Crippen LogP contribution in [0.25, 0.3) is 10.9 Å². The first kappa shape index (κ1) is 19.7. The van der Waals surface area contributed by atoms with Crippen molar-refractivity contribution >= 4 is 26.6 Å². The van der Waals surface area contributed by atoms with Gasteiger partial charge in [0.2, 0.25) is 0 Å². The number of hydrogen-bond acceptors (Lipinski definition) is 4. The van der Waals surface area contributed by atoms with Crippen molar-refractivity contribution in [3.8, 4) is 0 Å². The SMILES string of the molecule is Cn1c(=O)c2cc(S(=O)(=O)Nc3ccc(C(F)(F)F)cc3)ccc2n(C)c1=O. The molecule has 0 saturated carbocycles. The maximum Gasteiger partial charge on any atom is 0.416 e. The highest BCUT2D eigenvalue weighted by Gasteiger charge is 2.30. The molecule has 3 aromatic rings. The van der Waals surface area contributed by atoms with Gasteiger partial charge in [-0.15, -0.1) is 0 Å². The maximum atomic E-state index is 12.6. The molecule has 0 radical (unpaired) electrons. The van der Waals surface area contributed by atoms with Crippen molar-refractivity contribution in [2.24, 2.45) is 14.1 Å². The number of benzene rings is 2. The van der Waals surface area contributed by atoms with Gasteiger partial charge in [-0.3, -0.25) is 18.7 Å². The van der Waals surface area contributed by atoms with Gasteiger partial charge < -0.3 is 0 Å². The Morgan fingerprint density at radius 1 is 0.929 bits per heavy atom. The molecule has 0 spiro atoms. The highest BCUT2D eigenvalue weighted by atomic mass is 32.2. The standard InChI is InChI=1S/C17H14F3N3O4S/c1-22-14-8-7-12(9-13(14)15(24)23(2)16(22)25)28(26,27)21-11-5-3-10(4-6-11)17(18,19)20/h3-9,21H,1-2H3. The average molecular weight is 413 g/mol. The Morgan fingerprint density at radius 3 is 2.11 bits per heavy atom. The van der Waals surface area contributed by atoms with E-state index >= 15 is 0 Å². The number of nitrogens with zero attached hydrogens (tertiary/aromatic N) is 2. The molecule has 1 heterocycles. The third-order valence-electron chi connectivity index (χ3n) is 4.21. The van der Waals surface area contributed by atoms with Gasteiger partial charge in [-0.05, 0) is 42.5 Å². The molecule has 1 aromatic heterocycles. The summed E-state index contributed by atoms with van der Waals surface area (Å²) >= 11 is 0. The molecular weight excluding hydrogens is 399 g/mol. The Hall–Kier alpha value is -3.08. The Kier molecular flexibility index (Phi) is 4.58. The Labute approximate surface area is 156 Å². The van der Waals surface area contributed by atoms with E-state index in [4.69, 9.17) is 0 Å². The van der Waals surface area contributed by atoms with Gasteiger partial charge in [0, 0.05) is 19.8 Å². The van der Waals surface area contributed by atoms with Crippen LogP contribution in [0, 0.1) is 0 Å². The van der Waals surface area contributed by atoms with E-state index in [0.717, 1.165) is 34.9 Å². The van der Waals surface area contributed by atoms with Gasteiger partial charge in [0.05, 0.1) is 21.4 Å². The Bertz CT molecular complexity index is 1290. The summed E-state index contributed by atoms with van der Waals surface area (Å²) in [4.78, 5) is 24.0. The van der Waals surface area contributed by atoms with Crippen molar-refractivity contribution in [2.45, 2.75) is 11.1 Å². The second-order valence-corrected chi connectivity index (χ2v) is 7.75. The largest absolute Gasteiger partial charge is 0.416 e. The van der Waals surface area contributed by atoms with Crippen molar-refractivity contribution in [3.05, 3.63) is 68.9 Å². The fourth-order valence-corrected chi connectivity index (χ4v) is 3.77. The normalized spacial score (nSPS) is 12.3. The van der Waals surface area contributed by atoms with Gasteiger partial charge in [0.1, 0.15) is 0 Å². The van der Waals surface area contributed by atoms with Crippen LogP contribution in [0.4, 0.5) is 18.9 Å². The molecule has 0 aliphatic carbocycles. The maximum absolute atomic E-state index is 12.6. The molecule has 28 heavy (non-hydrogen) atoms. The van der Waals surface area contributed by atoms with E-state index in [-0.39, 0.29) is 21.5 Å². The summed E-state index contributed by atoms with van der Waals surface area (Å²) < 4.78 is 67.2. The van der Waals surface area contributed by atoms with E-state index in [1.54, 1.807) is 0 Å². The summed E-state index contributed by atoms with van der Waals surface area (Å²) in [5, 5.41) is 0.0138. The van der Waals surface area contributed by atoms with Crippen LogP contribution in [0.3, 0.4) is 0 Å². The smallest absolute Gasteiger partial charge is 0.296 e. The lowest BCUT2D eigenvalue weighted by Gasteiger charge is -2.12. The summed E-state index contributed by atoms with van der Waals surface area (Å²) in [5.41, 5.74) is -1.95. The first-order chi connectivity index (χ1) is 12.9. The van der Waals surface area contributed by atoms with E-state index in [1.807, 2.05) is 0 Å². The van der Waals surface area contributed by atoms with Crippen LogP contribution in [0.5, 0.6) is 0 Å². The highest BCUT2D eigenvalue weighted by Crippen LogP contribution is 2.30. The Balaban J connectivity index is 2.04. The van der Waals surface area contributed by atoms with Gasteiger partial charge in [-0.25, -0.2) is 13.2 Å². The van der Waals surface area contributed by atoms with E-state index in [9.17, 15) is 31.2 Å². The van der Waals surface area contributed by atoms with Crippen molar-refractivity contribution < 1.29 is 21.6 Å². The number of aromatic nitrogens is 2. The molecule has 3 rings (SSSR count). The number of fused-ring (bicyclic) bond motifs is 1. The molecule has 0 aliphatic rings. The summed E-state index contributed by atoms with van der Waals surface area (Å²) in [6, 6.07) is 7.12. The minimum atomic E-state index is -4.54. The minimum Gasteiger partial charge on any atom is -0.296 e. The first-order valence-electron chi connectivity index (χ1n) is 7.82. The average Bonchev–Trinajstić information content (AvgIpc) is 2.63. The summed E-state index contributed by atoms with van der Waals surface area (Å²) in [5.74, 6) is 0. The number of rotatable bonds is 3. The van der Waals surface area contributed by atoms with Crippen molar-refractivity contribution in [2.75, 3.05) is 4.72 Å². The van der Waals surface area contributed by atoms with E-state index in [2.05, 4.69) is 4.72 Å². The van der Waals surface area contributed by atoms with Crippen molar-refractivity contribution in [3.63, 3.8) is 0 Å². The summed E-state index contributed by atoms with van der Waals surface area (Å²) in [6.45, 7) is 0. The number of nitrogens with one attached hydrogen (secondary N) is 1. The second-order valence-electron chi connectivity index (χ2n) is 6.07. The zero-order chi connectivity index (χ0) is 20.9. The lowest BCUT2D eigenvalue weighted by atomic mass is 10.2. The fraction of sp³-hybridized carbons (Fsp3) is 0.176. The molecule has 0 atom stereocenters. The van der Waals surface area contributed by atoms with Crippen LogP contribution >= 0.6 is 0 Å². The molecule has 1 N–H and O–H groups in total. The molecule has 148 valence electrons. The van der Waals surface area contributed by atoms with Gasteiger partial charge >= 0.3 is 11.9 Å². The molecule has 0 amide bonds. The predicted molar refractivity (Wildman–Crippen MR) is 96.7 cm³/mol. The number of anilines is 1. The van der Waals surface area contributed by atoms with Crippen LogP contribution < -0.4 is 16.0 Å². The quantitative estimate of drug-likeness (QED) is 0.712. The number of alkyl halides is 3.